The van der Waals surface area contributed by atoms with E-state index in [4.69, 9.17) is 9.97 Å². The lowest BCUT2D eigenvalue weighted by Crippen LogP contribution is -2.39. The molecule has 3 aliphatic rings. The molecule has 1 N–H and O–H groups in total. The maximum atomic E-state index is 11.3. The number of aliphatic carboxylic acids is 1. The molecule has 4 rings (SSSR count). The van der Waals surface area contributed by atoms with Gasteiger partial charge in [0.25, 0.3) is 0 Å². The summed E-state index contributed by atoms with van der Waals surface area (Å²) in [6.07, 6.45) is 7.39. The van der Waals surface area contributed by atoms with Crippen molar-refractivity contribution in [2.45, 2.75) is 50.9 Å². The van der Waals surface area contributed by atoms with E-state index in [1.54, 1.807) is 0 Å². The average Bonchev–Trinajstić information content (AvgIpc) is 3.24. The SMILES string of the molecule is O=C(O)[C@@H]1CCCN(c2nc(C3CC3)nc3c2CCC3)C1. The number of carboxylic acids is 1. The quantitative estimate of drug-likeness (QED) is 0.922. The number of nitrogens with zero attached hydrogens (tertiary/aromatic N) is 3. The molecule has 2 aliphatic carbocycles. The summed E-state index contributed by atoms with van der Waals surface area (Å²) in [5.41, 5.74) is 2.50. The molecule has 2 fully saturated rings. The third-order valence-corrected chi connectivity index (χ3v) is 4.94. The first-order chi connectivity index (χ1) is 10.2. The van der Waals surface area contributed by atoms with Crippen LogP contribution in [-0.4, -0.2) is 34.1 Å². The van der Waals surface area contributed by atoms with Crippen molar-refractivity contribution in [2.24, 2.45) is 5.92 Å². The lowest BCUT2D eigenvalue weighted by atomic mass is 9.98. The molecule has 2 heterocycles. The van der Waals surface area contributed by atoms with Gasteiger partial charge in [-0.2, -0.15) is 0 Å². The van der Waals surface area contributed by atoms with Gasteiger partial charge in [-0.3, -0.25) is 4.79 Å². The summed E-state index contributed by atoms with van der Waals surface area (Å²) in [5, 5.41) is 9.29. The molecule has 1 aromatic rings. The molecule has 112 valence electrons. The van der Waals surface area contributed by atoms with Crippen LogP contribution in [0.4, 0.5) is 5.82 Å². The highest BCUT2D eigenvalue weighted by atomic mass is 16.4. The van der Waals surface area contributed by atoms with Crippen molar-refractivity contribution in [3.63, 3.8) is 0 Å². The maximum absolute atomic E-state index is 11.3. The summed E-state index contributed by atoms with van der Waals surface area (Å²) < 4.78 is 0. The first-order valence-corrected chi connectivity index (χ1v) is 8.10. The van der Waals surface area contributed by atoms with Crippen molar-refractivity contribution in [1.29, 1.82) is 0 Å². The molecule has 0 amide bonds. The Morgan fingerprint density at radius 3 is 2.76 bits per heavy atom. The molecule has 0 unspecified atom stereocenters. The predicted octanol–water partition coefficient (Wildman–Crippen LogP) is 2.14. The van der Waals surface area contributed by atoms with Crippen LogP contribution in [0, 0.1) is 5.92 Å². The van der Waals surface area contributed by atoms with Crippen LogP contribution in [0.25, 0.3) is 0 Å². The highest BCUT2D eigenvalue weighted by Crippen LogP contribution is 2.41. The molecule has 5 nitrogen and oxygen atoms in total. The second-order valence-corrected chi connectivity index (χ2v) is 6.58. The average molecular weight is 287 g/mol. The highest BCUT2D eigenvalue weighted by Gasteiger charge is 2.33. The van der Waals surface area contributed by atoms with E-state index >= 15 is 0 Å². The number of carbonyl (C=O) groups is 1. The van der Waals surface area contributed by atoms with E-state index < -0.39 is 5.97 Å². The summed E-state index contributed by atoms with van der Waals surface area (Å²) in [5.74, 6) is 1.67. The summed E-state index contributed by atoms with van der Waals surface area (Å²) >= 11 is 0. The van der Waals surface area contributed by atoms with Crippen molar-refractivity contribution in [1.82, 2.24) is 9.97 Å². The van der Waals surface area contributed by atoms with Crippen LogP contribution in [-0.2, 0) is 17.6 Å². The fraction of sp³-hybridized carbons (Fsp3) is 0.688. The smallest absolute Gasteiger partial charge is 0.308 e. The van der Waals surface area contributed by atoms with E-state index in [2.05, 4.69) is 4.90 Å². The Hall–Kier alpha value is -1.65. The monoisotopic (exact) mass is 287 g/mol. The van der Waals surface area contributed by atoms with Crippen LogP contribution in [0.3, 0.4) is 0 Å². The number of rotatable bonds is 3. The first kappa shape index (κ1) is 13.0. The lowest BCUT2D eigenvalue weighted by molar-refractivity contribution is -0.141. The predicted molar refractivity (Wildman–Crippen MR) is 78.6 cm³/mol. The van der Waals surface area contributed by atoms with Crippen molar-refractivity contribution in [3.05, 3.63) is 17.1 Å². The van der Waals surface area contributed by atoms with Gasteiger partial charge in [0.2, 0.25) is 0 Å². The largest absolute Gasteiger partial charge is 0.481 e. The Morgan fingerprint density at radius 1 is 1.14 bits per heavy atom. The van der Waals surface area contributed by atoms with Gasteiger partial charge in [0.15, 0.2) is 0 Å². The standard InChI is InChI=1S/C16H21N3O2/c20-16(21)11-3-2-8-19(9-11)15-12-4-1-5-13(12)17-14(18-15)10-6-7-10/h10-11H,1-9H2,(H,20,21)/t11-/m1/s1. The number of hydrogen-bond donors (Lipinski definition) is 1. The number of hydrogen-bond acceptors (Lipinski definition) is 4. The van der Waals surface area contributed by atoms with Crippen molar-refractivity contribution in [3.8, 4) is 0 Å². The van der Waals surface area contributed by atoms with E-state index in [1.807, 2.05) is 0 Å². The van der Waals surface area contributed by atoms with Gasteiger partial charge in [-0.15, -0.1) is 0 Å². The van der Waals surface area contributed by atoms with Crippen LogP contribution in [0.1, 0.15) is 55.1 Å². The van der Waals surface area contributed by atoms with E-state index in [0.29, 0.717) is 12.5 Å². The van der Waals surface area contributed by atoms with Gasteiger partial charge in [-0.05, 0) is 44.9 Å². The van der Waals surface area contributed by atoms with E-state index in [1.165, 1.54) is 24.1 Å². The summed E-state index contributed by atoms with van der Waals surface area (Å²) in [6.45, 7) is 1.53. The molecule has 1 atom stereocenters. The number of anilines is 1. The minimum Gasteiger partial charge on any atom is -0.481 e. The number of piperidine rings is 1. The molecule has 21 heavy (non-hydrogen) atoms. The minimum absolute atomic E-state index is 0.254. The van der Waals surface area contributed by atoms with Gasteiger partial charge in [0, 0.05) is 30.3 Å². The maximum Gasteiger partial charge on any atom is 0.308 e. The molecule has 1 saturated heterocycles. The molecule has 1 saturated carbocycles. The molecule has 0 aromatic carbocycles. The molecule has 0 spiro atoms. The first-order valence-electron chi connectivity index (χ1n) is 8.10. The molecule has 0 bridgehead atoms. The summed E-state index contributed by atoms with van der Waals surface area (Å²) in [6, 6.07) is 0. The zero-order chi connectivity index (χ0) is 14.4. The zero-order valence-corrected chi connectivity index (χ0v) is 12.2. The number of fused-ring (bicyclic) bond motifs is 1. The van der Waals surface area contributed by atoms with Crippen molar-refractivity contribution in [2.75, 3.05) is 18.0 Å². The van der Waals surface area contributed by atoms with Crippen molar-refractivity contribution < 1.29 is 9.90 Å². The van der Waals surface area contributed by atoms with Crippen LogP contribution < -0.4 is 4.90 Å². The van der Waals surface area contributed by atoms with E-state index in [-0.39, 0.29) is 5.92 Å². The molecule has 0 radical (unpaired) electrons. The Labute approximate surface area is 124 Å². The van der Waals surface area contributed by atoms with Crippen LogP contribution in [0.2, 0.25) is 0 Å². The second kappa shape index (κ2) is 4.97. The number of carboxylic acid groups (broad SMARTS) is 1. The molecular formula is C16H21N3O2. The van der Waals surface area contributed by atoms with Gasteiger partial charge < -0.3 is 10.0 Å². The van der Waals surface area contributed by atoms with Gasteiger partial charge >= 0.3 is 5.97 Å². The highest BCUT2D eigenvalue weighted by molar-refractivity contribution is 5.71. The molecule has 1 aromatic heterocycles. The van der Waals surface area contributed by atoms with E-state index in [0.717, 1.165) is 50.3 Å². The minimum atomic E-state index is -0.673. The van der Waals surface area contributed by atoms with Crippen LogP contribution >= 0.6 is 0 Å². The van der Waals surface area contributed by atoms with Gasteiger partial charge in [-0.25, -0.2) is 9.97 Å². The van der Waals surface area contributed by atoms with Crippen molar-refractivity contribution >= 4 is 11.8 Å². The lowest BCUT2D eigenvalue weighted by Gasteiger charge is -2.33. The Bertz CT molecular complexity index is 583. The topological polar surface area (TPSA) is 66.3 Å². The van der Waals surface area contributed by atoms with Crippen LogP contribution in [0.15, 0.2) is 0 Å². The number of aryl methyl sites for hydroxylation is 1. The molecule has 5 heteroatoms. The zero-order valence-electron chi connectivity index (χ0n) is 12.2. The normalized spacial score (nSPS) is 25.0. The summed E-state index contributed by atoms with van der Waals surface area (Å²) in [4.78, 5) is 23.1. The fourth-order valence-electron chi connectivity index (χ4n) is 3.59. The fourth-order valence-corrected chi connectivity index (χ4v) is 3.59. The van der Waals surface area contributed by atoms with Crippen LogP contribution in [0.5, 0.6) is 0 Å². The molecular weight excluding hydrogens is 266 g/mol. The Morgan fingerprint density at radius 2 is 2.00 bits per heavy atom. The Balaban J connectivity index is 1.68. The third kappa shape index (κ3) is 2.39. The van der Waals surface area contributed by atoms with Gasteiger partial charge in [-0.1, -0.05) is 0 Å². The van der Waals surface area contributed by atoms with Gasteiger partial charge in [0.05, 0.1) is 5.92 Å². The van der Waals surface area contributed by atoms with Gasteiger partial charge in [0.1, 0.15) is 11.6 Å². The van der Waals surface area contributed by atoms with E-state index in [9.17, 15) is 9.90 Å². The second-order valence-electron chi connectivity index (χ2n) is 6.58. The summed E-state index contributed by atoms with van der Waals surface area (Å²) in [7, 11) is 0. The third-order valence-electron chi connectivity index (χ3n) is 4.94. The Kier molecular flexibility index (Phi) is 3.08. The number of aromatic nitrogens is 2. The molecule has 1 aliphatic heterocycles.